The largest absolute Gasteiger partial charge is 0.394 e. The number of carbonyl (C=O) groups is 1. The second-order valence-corrected chi connectivity index (χ2v) is 6.15. The van der Waals surface area contributed by atoms with Crippen molar-refractivity contribution in [1.82, 2.24) is 10.3 Å². The highest BCUT2D eigenvalue weighted by Crippen LogP contribution is 2.14. The molecule has 0 radical (unpaired) electrons. The average Bonchev–Trinajstić information content (AvgIpc) is 2.56. The van der Waals surface area contributed by atoms with Gasteiger partial charge in [0.25, 0.3) is 5.91 Å². The molecule has 4 nitrogen and oxygen atoms in total. The van der Waals surface area contributed by atoms with Crippen molar-refractivity contribution in [3.8, 4) is 0 Å². The van der Waals surface area contributed by atoms with Crippen molar-refractivity contribution in [3.63, 3.8) is 0 Å². The van der Waals surface area contributed by atoms with Gasteiger partial charge in [0.15, 0.2) is 0 Å². The van der Waals surface area contributed by atoms with Crippen LogP contribution in [0.2, 0.25) is 0 Å². The second-order valence-electron chi connectivity index (χ2n) is 4.86. The highest BCUT2D eigenvalue weighted by Gasteiger charge is 2.14. The van der Waals surface area contributed by atoms with E-state index in [4.69, 9.17) is 0 Å². The molecule has 0 spiro atoms. The van der Waals surface area contributed by atoms with Gasteiger partial charge in [-0.05, 0) is 29.9 Å². The summed E-state index contributed by atoms with van der Waals surface area (Å²) in [5, 5.41) is 13.2. The molecule has 2 N–H and O–H groups in total. The Bertz CT molecular complexity index is 587. The molecular weight excluding hydrogens is 296 g/mol. The fraction of sp³-hybridized carbons (Fsp3) is 0.294. The van der Waals surface area contributed by atoms with E-state index in [0.717, 1.165) is 16.3 Å². The van der Waals surface area contributed by atoms with Gasteiger partial charge in [-0.2, -0.15) is 0 Å². The molecule has 1 aromatic carbocycles. The molecular formula is C17H20N2O2S. The van der Waals surface area contributed by atoms with E-state index in [2.05, 4.69) is 17.2 Å². The number of hydrogen-bond acceptors (Lipinski definition) is 4. The Balaban J connectivity index is 1.96. The van der Waals surface area contributed by atoms with E-state index in [1.54, 1.807) is 24.0 Å². The lowest BCUT2D eigenvalue weighted by Gasteiger charge is -2.16. The smallest absolute Gasteiger partial charge is 0.253 e. The molecule has 1 aromatic heterocycles. The van der Waals surface area contributed by atoms with Gasteiger partial charge in [-0.1, -0.05) is 37.3 Å². The number of carbonyl (C=O) groups excluding carboxylic acids is 1. The quantitative estimate of drug-likeness (QED) is 0.771. The summed E-state index contributed by atoms with van der Waals surface area (Å²) in [5.74, 6) is 0.734. The average molecular weight is 316 g/mol. The van der Waals surface area contributed by atoms with Crippen LogP contribution in [-0.2, 0) is 6.42 Å². The Kier molecular flexibility index (Phi) is 6.43. The van der Waals surface area contributed by atoms with E-state index in [9.17, 15) is 9.90 Å². The highest BCUT2D eigenvalue weighted by atomic mass is 32.2. The molecule has 1 amide bonds. The lowest BCUT2D eigenvalue weighted by molar-refractivity contribution is 0.0916. The Morgan fingerprint density at radius 2 is 2.05 bits per heavy atom. The van der Waals surface area contributed by atoms with E-state index >= 15 is 0 Å². The molecule has 0 aliphatic rings. The van der Waals surface area contributed by atoms with Crippen LogP contribution in [0, 0.1) is 0 Å². The maximum absolute atomic E-state index is 12.2. The molecule has 22 heavy (non-hydrogen) atoms. The van der Waals surface area contributed by atoms with E-state index in [-0.39, 0.29) is 18.6 Å². The maximum Gasteiger partial charge on any atom is 0.253 e. The molecule has 0 aliphatic carbocycles. The number of aromatic nitrogens is 1. The first kappa shape index (κ1) is 16.5. The number of aliphatic hydroxyl groups excluding tert-OH is 1. The van der Waals surface area contributed by atoms with Crippen molar-refractivity contribution in [2.24, 2.45) is 0 Å². The molecule has 2 aromatic rings. The summed E-state index contributed by atoms with van der Waals surface area (Å²) in [6.07, 6.45) is 2.17. The fourth-order valence-electron chi connectivity index (χ4n) is 2.08. The third kappa shape index (κ3) is 4.86. The van der Waals surface area contributed by atoms with Crippen molar-refractivity contribution < 1.29 is 9.90 Å². The maximum atomic E-state index is 12.2. The number of hydrogen-bond donors (Lipinski definition) is 2. The Hall–Kier alpha value is -1.85. The number of pyridine rings is 1. The minimum atomic E-state index is -0.306. The van der Waals surface area contributed by atoms with Crippen molar-refractivity contribution in [3.05, 3.63) is 59.8 Å². The number of nitrogens with one attached hydrogen (secondary N) is 1. The first-order valence-corrected chi connectivity index (χ1v) is 8.26. The van der Waals surface area contributed by atoms with Crippen molar-refractivity contribution in [2.75, 3.05) is 12.4 Å². The van der Waals surface area contributed by atoms with Crippen molar-refractivity contribution in [2.45, 2.75) is 24.4 Å². The summed E-state index contributed by atoms with van der Waals surface area (Å²) in [4.78, 5) is 16.5. The van der Waals surface area contributed by atoms with Crippen LogP contribution < -0.4 is 5.32 Å². The zero-order valence-electron chi connectivity index (χ0n) is 12.5. The minimum absolute atomic E-state index is 0.0994. The Morgan fingerprint density at radius 3 is 2.64 bits per heavy atom. The molecule has 0 saturated heterocycles. The molecule has 1 atom stereocenters. The molecule has 116 valence electrons. The minimum Gasteiger partial charge on any atom is -0.394 e. The summed E-state index contributed by atoms with van der Waals surface area (Å²) in [7, 11) is 0. The van der Waals surface area contributed by atoms with Gasteiger partial charge in [-0.3, -0.25) is 4.79 Å². The standard InChI is InChI=1S/C17H20N2O2S/c1-2-22-16-9-8-14(11-18-16)17(21)19-15(12-20)10-13-6-4-3-5-7-13/h3-9,11,15,20H,2,10,12H2,1H3,(H,19,21). The van der Waals surface area contributed by atoms with Crippen LogP contribution in [0.4, 0.5) is 0 Å². The third-order valence-electron chi connectivity index (χ3n) is 3.17. The number of benzene rings is 1. The van der Waals surface area contributed by atoms with Crippen LogP contribution in [0.5, 0.6) is 0 Å². The van der Waals surface area contributed by atoms with E-state index in [1.807, 2.05) is 36.4 Å². The number of thioether (sulfide) groups is 1. The van der Waals surface area contributed by atoms with Crippen LogP contribution in [-0.4, -0.2) is 34.4 Å². The number of nitrogens with zero attached hydrogens (tertiary/aromatic N) is 1. The van der Waals surface area contributed by atoms with E-state index in [0.29, 0.717) is 12.0 Å². The molecule has 1 unspecified atom stereocenters. The molecule has 1 heterocycles. The topological polar surface area (TPSA) is 62.2 Å². The lowest BCUT2D eigenvalue weighted by atomic mass is 10.1. The predicted octanol–water partition coefficient (Wildman–Crippen LogP) is 2.53. The predicted molar refractivity (Wildman–Crippen MR) is 89.1 cm³/mol. The van der Waals surface area contributed by atoms with Crippen LogP contribution in [0.1, 0.15) is 22.8 Å². The van der Waals surface area contributed by atoms with Gasteiger partial charge >= 0.3 is 0 Å². The van der Waals surface area contributed by atoms with Gasteiger partial charge < -0.3 is 10.4 Å². The van der Waals surface area contributed by atoms with E-state index in [1.165, 1.54) is 0 Å². The first-order chi connectivity index (χ1) is 10.7. The Morgan fingerprint density at radius 1 is 1.27 bits per heavy atom. The second kappa shape index (κ2) is 8.56. The third-order valence-corrected chi connectivity index (χ3v) is 4.00. The number of amides is 1. The van der Waals surface area contributed by atoms with Gasteiger partial charge in [-0.25, -0.2) is 4.98 Å². The van der Waals surface area contributed by atoms with Crippen molar-refractivity contribution >= 4 is 17.7 Å². The van der Waals surface area contributed by atoms with Crippen LogP contribution in [0.15, 0.2) is 53.7 Å². The van der Waals surface area contributed by atoms with E-state index < -0.39 is 0 Å². The van der Waals surface area contributed by atoms with Gasteiger partial charge in [0.2, 0.25) is 0 Å². The summed E-state index contributed by atoms with van der Waals surface area (Å²) >= 11 is 1.63. The summed E-state index contributed by atoms with van der Waals surface area (Å²) in [5.41, 5.74) is 1.58. The molecule has 5 heteroatoms. The zero-order chi connectivity index (χ0) is 15.8. The van der Waals surface area contributed by atoms with Gasteiger partial charge in [0, 0.05) is 6.20 Å². The summed E-state index contributed by atoms with van der Waals surface area (Å²) in [6, 6.07) is 13.1. The highest BCUT2D eigenvalue weighted by molar-refractivity contribution is 7.99. The SMILES string of the molecule is CCSc1ccc(C(=O)NC(CO)Cc2ccccc2)cn1. The first-order valence-electron chi connectivity index (χ1n) is 7.27. The number of rotatable bonds is 7. The molecule has 0 aliphatic heterocycles. The van der Waals surface area contributed by atoms with Crippen LogP contribution in [0.25, 0.3) is 0 Å². The van der Waals surface area contributed by atoms with Gasteiger partial charge in [0.1, 0.15) is 0 Å². The number of aliphatic hydroxyl groups is 1. The van der Waals surface area contributed by atoms with Gasteiger partial charge in [0.05, 0.1) is 23.2 Å². The summed E-state index contributed by atoms with van der Waals surface area (Å²) < 4.78 is 0. The van der Waals surface area contributed by atoms with Crippen LogP contribution in [0.3, 0.4) is 0 Å². The van der Waals surface area contributed by atoms with Gasteiger partial charge in [-0.15, -0.1) is 11.8 Å². The monoisotopic (exact) mass is 316 g/mol. The molecule has 0 bridgehead atoms. The fourth-order valence-corrected chi connectivity index (χ4v) is 2.66. The van der Waals surface area contributed by atoms with Crippen LogP contribution >= 0.6 is 11.8 Å². The summed E-state index contributed by atoms with van der Waals surface area (Å²) in [6.45, 7) is 1.96. The molecule has 0 saturated carbocycles. The zero-order valence-corrected chi connectivity index (χ0v) is 13.3. The Labute approximate surface area is 135 Å². The lowest BCUT2D eigenvalue weighted by Crippen LogP contribution is -2.39. The normalized spacial score (nSPS) is 11.9. The molecule has 2 rings (SSSR count). The molecule has 0 fully saturated rings. The van der Waals surface area contributed by atoms with Crippen molar-refractivity contribution in [1.29, 1.82) is 0 Å².